The van der Waals surface area contributed by atoms with Gasteiger partial charge in [-0.15, -0.1) is 0 Å². The van der Waals surface area contributed by atoms with E-state index >= 15 is 0 Å². The fourth-order valence-electron chi connectivity index (χ4n) is 3.78. The lowest BCUT2D eigenvalue weighted by Crippen LogP contribution is -2.52. The Balaban J connectivity index is 1.58. The number of carbonyl (C=O) groups excluding carboxylic acids is 2. The first-order chi connectivity index (χ1) is 11.9. The SMILES string of the molecule is CC(C)(C)[C@H]1CNC(=O)[C@H]1C(=O)N1CCN(Cc2cccnc2)CC1. The summed E-state index contributed by atoms with van der Waals surface area (Å²) in [5, 5.41) is 2.88. The molecule has 25 heavy (non-hydrogen) atoms. The predicted molar refractivity (Wildman–Crippen MR) is 95.5 cm³/mol. The molecule has 0 spiro atoms. The minimum atomic E-state index is -0.537. The summed E-state index contributed by atoms with van der Waals surface area (Å²) in [6.45, 7) is 10.8. The molecule has 2 atom stereocenters. The molecule has 1 aromatic heterocycles. The average Bonchev–Trinajstić information content (AvgIpc) is 2.98. The molecule has 1 N–H and O–H groups in total. The topological polar surface area (TPSA) is 65.5 Å². The summed E-state index contributed by atoms with van der Waals surface area (Å²) >= 11 is 0. The van der Waals surface area contributed by atoms with Crippen LogP contribution in [0.15, 0.2) is 24.5 Å². The molecule has 2 fully saturated rings. The maximum atomic E-state index is 13.0. The molecular formula is C19H28N4O2. The van der Waals surface area contributed by atoms with Crippen LogP contribution in [0.4, 0.5) is 0 Å². The van der Waals surface area contributed by atoms with Crippen molar-refractivity contribution in [1.82, 2.24) is 20.1 Å². The van der Waals surface area contributed by atoms with Crippen molar-refractivity contribution in [3.63, 3.8) is 0 Å². The summed E-state index contributed by atoms with van der Waals surface area (Å²) < 4.78 is 0. The maximum Gasteiger partial charge on any atom is 0.235 e. The van der Waals surface area contributed by atoms with Gasteiger partial charge in [0.2, 0.25) is 11.8 Å². The van der Waals surface area contributed by atoms with Crippen LogP contribution >= 0.6 is 0 Å². The largest absolute Gasteiger partial charge is 0.355 e. The highest BCUT2D eigenvalue weighted by Gasteiger charge is 2.47. The molecule has 6 nitrogen and oxygen atoms in total. The minimum Gasteiger partial charge on any atom is -0.355 e. The van der Waals surface area contributed by atoms with Gasteiger partial charge in [-0.1, -0.05) is 26.8 Å². The third-order valence-electron chi connectivity index (χ3n) is 5.37. The van der Waals surface area contributed by atoms with Crippen molar-refractivity contribution in [2.45, 2.75) is 27.3 Å². The summed E-state index contributed by atoms with van der Waals surface area (Å²) in [7, 11) is 0. The van der Waals surface area contributed by atoms with Crippen molar-refractivity contribution in [3.05, 3.63) is 30.1 Å². The Labute approximate surface area is 149 Å². The summed E-state index contributed by atoms with van der Waals surface area (Å²) in [6, 6.07) is 4.02. The zero-order chi connectivity index (χ0) is 18.0. The number of aromatic nitrogens is 1. The zero-order valence-electron chi connectivity index (χ0n) is 15.4. The molecule has 136 valence electrons. The van der Waals surface area contributed by atoms with Crippen LogP contribution < -0.4 is 5.32 Å². The van der Waals surface area contributed by atoms with E-state index < -0.39 is 5.92 Å². The quantitative estimate of drug-likeness (QED) is 0.835. The number of hydrogen-bond donors (Lipinski definition) is 1. The number of rotatable bonds is 3. The molecule has 2 amide bonds. The zero-order valence-corrected chi connectivity index (χ0v) is 15.4. The normalized spacial score (nSPS) is 25.1. The third kappa shape index (κ3) is 4.00. The first-order valence-electron chi connectivity index (χ1n) is 9.04. The Morgan fingerprint density at radius 2 is 2.00 bits per heavy atom. The average molecular weight is 344 g/mol. The van der Waals surface area contributed by atoms with Crippen LogP contribution in [-0.2, 0) is 16.1 Å². The molecule has 0 aromatic carbocycles. The van der Waals surface area contributed by atoms with Crippen molar-refractivity contribution in [2.75, 3.05) is 32.7 Å². The van der Waals surface area contributed by atoms with Gasteiger partial charge in [0.1, 0.15) is 5.92 Å². The number of amides is 2. The third-order valence-corrected chi connectivity index (χ3v) is 5.37. The first kappa shape index (κ1) is 17.9. The lowest BCUT2D eigenvalue weighted by Gasteiger charge is -2.37. The van der Waals surface area contributed by atoms with Crippen molar-refractivity contribution in [2.24, 2.45) is 17.3 Å². The van der Waals surface area contributed by atoms with Crippen LogP contribution in [0.1, 0.15) is 26.3 Å². The van der Waals surface area contributed by atoms with Gasteiger partial charge in [-0.3, -0.25) is 19.5 Å². The maximum absolute atomic E-state index is 13.0. The lowest BCUT2D eigenvalue weighted by atomic mass is 9.74. The molecule has 2 saturated heterocycles. The Bertz CT molecular complexity index is 618. The second kappa shape index (κ2) is 7.12. The van der Waals surface area contributed by atoms with Crippen LogP contribution in [0, 0.1) is 17.3 Å². The van der Waals surface area contributed by atoms with Gasteiger partial charge < -0.3 is 10.2 Å². The van der Waals surface area contributed by atoms with Crippen molar-refractivity contribution in [1.29, 1.82) is 0 Å². The monoisotopic (exact) mass is 344 g/mol. The number of hydrogen-bond acceptors (Lipinski definition) is 4. The van der Waals surface area contributed by atoms with Gasteiger partial charge in [0.25, 0.3) is 0 Å². The van der Waals surface area contributed by atoms with Gasteiger partial charge in [-0.25, -0.2) is 0 Å². The summed E-state index contributed by atoms with van der Waals surface area (Å²) in [5.41, 5.74) is 1.12. The Morgan fingerprint density at radius 3 is 2.60 bits per heavy atom. The van der Waals surface area contributed by atoms with Gasteiger partial charge in [0, 0.05) is 57.6 Å². The van der Waals surface area contributed by atoms with Crippen molar-refractivity contribution >= 4 is 11.8 Å². The molecule has 0 aliphatic carbocycles. The number of piperazine rings is 1. The van der Waals surface area contributed by atoms with Crippen LogP contribution in [0.2, 0.25) is 0 Å². The van der Waals surface area contributed by atoms with E-state index in [2.05, 4.69) is 42.0 Å². The molecular weight excluding hydrogens is 316 g/mol. The Morgan fingerprint density at radius 1 is 1.28 bits per heavy atom. The summed E-state index contributed by atoms with van der Waals surface area (Å²) in [4.78, 5) is 33.6. The van der Waals surface area contributed by atoms with Crippen LogP contribution in [0.25, 0.3) is 0 Å². The van der Waals surface area contributed by atoms with E-state index in [-0.39, 0.29) is 23.1 Å². The van der Waals surface area contributed by atoms with Gasteiger partial charge in [0.15, 0.2) is 0 Å². The smallest absolute Gasteiger partial charge is 0.235 e. The second-order valence-corrected chi connectivity index (χ2v) is 8.16. The molecule has 1 aromatic rings. The van der Waals surface area contributed by atoms with E-state index in [4.69, 9.17) is 0 Å². The van der Waals surface area contributed by atoms with E-state index in [1.807, 2.05) is 17.2 Å². The molecule has 3 rings (SSSR count). The highest BCUT2D eigenvalue weighted by Crippen LogP contribution is 2.36. The number of carbonyl (C=O) groups is 2. The first-order valence-corrected chi connectivity index (χ1v) is 9.04. The Hall–Kier alpha value is -1.95. The number of nitrogens with zero attached hydrogens (tertiary/aromatic N) is 3. The highest BCUT2D eigenvalue weighted by atomic mass is 16.2. The molecule has 0 bridgehead atoms. The van der Waals surface area contributed by atoms with E-state index in [1.165, 1.54) is 5.56 Å². The molecule has 6 heteroatoms. The van der Waals surface area contributed by atoms with E-state index in [0.29, 0.717) is 19.6 Å². The van der Waals surface area contributed by atoms with Gasteiger partial charge in [-0.05, 0) is 17.0 Å². The van der Waals surface area contributed by atoms with Crippen molar-refractivity contribution in [3.8, 4) is 0 Å². The number of nitrogens with one attached hydrogen (secondary N) is 1. The van der Waals surface area contributed by atoms with Gasteiger partial charge >= 0.3 is 0 Å². The fraction of sp³-hybridized carbons (Fsp3) is 0.632. The van der Waals surface area contributed by atoms with E-state index in [0.717, 1.165) is 19.6 Å². The second-order valence-electron chi connectivity index (χ2n) is 8.16. The van der Waals surface area contributed by atoms with Crippen LogP contribution in [0.3, 0.4) is 0 Å². The standard InChI is InChI=1S/C19H28N4O2/c1-19(2,3)15-12-21-17(24)16(15)18(25)23-9-7-22(8-10-23)13-14-5-4-6-20-11-14/h4-6,11,15-16H,7-10,12-13H2,1-3H3,(H,21,24)/t15-,16-/m0/s1. The van der Waals surface area contributed by atoms with Crippen LogP contribution in [0.5, 0.6) is 0 Å². The highest BCUT2D eigenvalue weighted by molar-refractivity contribution is 6.02. The van der Waals surface area contributed by atoms with Gasteiger partial charge in [-0.2, -0.15) is 0 Å². The molecule has 3 heterocycles. The van der Waals surface area contributed by atoms with Gasteiger partial charge in [0.05, 0.1) is 0 Å². The predicted octanol–water partition coefficient (Wildman–Crippen LogP) is 1.13. The van der Waals surface area contributed by atoms with Crippen LogP contribution in [-0.4, -0.2) is 59.3 Å². The molecule has 0 radical (unpaired) electrons. The molecule has 0 unspecified atom stereocenters. The van der Waals surface area contributed by atoms with E-state index in [1.54, 1.807) is 6.20 Å². The summed E-state index contributed by atoms with van der Waals surface area (Å²) in [5.74, 6) is -0.593. The lowest BCUT2D eigenvalue weighted by molar-refractivity contribution is -0.144. The molecule has 2 aliphatic rings. The minimum absolute atomic E-state index is 0.00375. The fourth-order valence-corrected chi connectivity index (χ4v) is 3.78. The molecule has 0 saturated carbocycles. The van der Waals surface area contributed by atoms with Crippen molar-refractivity contribution < 1.29 is 9.59 Å². The van der Waals surface area contributed by atoms with E-state index in [9.17, 15) is 9.59 Å². The summed E-state index contributed by atoms with van der Waals surface area (Å²) in [6.07, 6.45) is 3.66. The Kier molecular flexibility index (Phi) is 5.08. The molecule has 2 aliphatic heterocycles. The number of pyridine rings is 1.